The van der Waals surface area contributed by atoms with Crippen LogP contribution in [0.4, 0.5) is 0 Å². The van der Waals surface area contributed by atoms with Crippen LogP contribution in [-0.2, 0) is 21.3 Å². The van der Waals surface area contributed by atoms with Gasteiger partial charge in [0.25, 0.3) is 10.0 Å². The van der Waals surface area contributed by atoms with Gasteiger partial charge in [0.15, 0.2) is 0 Å². The lowest BCUT2D eigenvalue weighted by Gasteiger charge is -2.09. The molecule has 0 aliphatic rings. The van der Waals surface area contributed by atoms with Crippen LogP contribution in [-0.4, -0.2) is 37.1 Å². The number of nitrogens with zero attached hydrogens (tertiary/aromatic N) is 2. The van der Waals surface area contributed by atoms with Crippen LogP contribution in [0, 0.1) is 0 Å². The van der Waals surface area contributed by atoms with E-state index in [1.165, 1.54) is 19.2 Å². The molecule has 5 aromatic carbocycles. The summed E-state index contributed by atoms with van der Waals surface area (Å²) in [4.78, 5) is 28.5. The van der Waals surface area contributed by atoms with Gasteiger partial charge in [-0.25, -0.2) is 17.2 Å². The second-order valence-electron chi connectivity index (χ2n) is 10.4. The molecule has 0 aliphatic heterocycles. The average molecular weight is 603 g/mol. The number of ether oxygens (including phenoxy) is 2. The monoisotopic (exact) mass is 602 g/mol. The summed E-state index contributed by atoms with van der Waals surface area (Å²) in [5.74, 6) is 0.0279. The lowest BCUT2D eigenvalue weighted by Crippen LogP contribution is -2.16. The van der Waals surface area contributed by atoms with Crippen LogP contribution in [0.5, 0.6) is 5.75 Å². The van der Waals surface area contributed by atoms with Crippen molar-refractivity contribution in [1.29, 1.82) is 0 Å². The molecule has 0 bridgehead atoms. The Morgan fingerprint density at radius 1 is 0.727 bits per heavy atom. The minimum absolute atomic E-state index is 0.0198. The van der Waals surface area contributed by atoms with Gasteiger partial charge in [0.1, 0.15) is 11.3 Å². The van der Waals surface area contributed by atoms with Crippen LogP contribution in [0.1, 0.15) is 15.9 Å². The number of para-hydroxylation sites is 2. The Morgan fingerprint density at radius 3 is 2.00 bits per heavy atom. The van der Waals surface area contributed by atoms with Crippen LogP contribution in [0.2, 0.25) is 0 Å². The van der Waals surface area contributed by atoms with Gasteiger partial charge in [-0.1, -0.05) is 66.7 Å². The van der Waals surface area contributed by atoms with E-state index in [2.05, 4.69) is 0 Å². The molecule has 44 heavy (non-hydrogen) atoms. The predicted molar refractivity (Wildman–Crippen MR) is 171 cm³/mol. The van der Waals surface area contributed by atoms with E-state index < -0.39 is 21.4 Å². The molecule has 0 unspecified atom stereocenters. The van der Waals surface area contributed by atoms with E-state index in [0.717, 1.165) is 15.1 Å². The highest BCUT2D eigenvalue weighted by Crippen LogP contribution is 2.36. The number of hydrogen-bond donors (Lipinski definition) is 0. The number of fused-ring (bicyclic) bond motifs is 6. The summed E-state index contributed by atoms with van der Waals surface area (Å²) in [5, 5.41) is 1.61. The van der Waals surface area contributed by atoms with E-state index in [4.69, 9.17) is 9.47 Å². The van der Waals surface area contributed by atoms with Crippen LogP contribution in [0.3, 0.4) is 0 Å². The summed E-state index contributed by atoms with van der Waals surface area (Å²) in [6, 6.07) is 31.5. The van der Waals surface area contributed by atoms with Crippen LogP contribution in [0.25, 0.3) is 43.6 Å². The first-order valence-corrected chi connectivity index (χ1v) is 15.3. The Morgan fingerprint density at radius 2 is 1.34 bits per heavy atom. The van der Waals surface area contributed by atoms with Crippen molar-refractivity contribution in [1.82, 2.24) is 8.54 Å². The van der Waals surface area contributed by atoms with Gasteiger partial charge in [-0.3, -0.25) is 4.79 Å². The fraction of sp³-hybridized carbons (Fsp3) is 0.0857. The fourth-order valence-corrected chi connectivity index (χ4v) is 7.58. The summed E-state index contributed by atoms with van der Waals surface area (Å²) in [6.45, 7) is 0.380. The first-order valence-electron chi connectivity index (χ1n) is 13.9. The number of methoxy groups -OCH3 is 2. The summed E-state index contributed by atoms with van der Waals surface area (Å²) < 4.78 is 42.2. The molecule has 2 heterocycles. The zero-order chi connectivity index (χ0) is 30.6. The second-order valence-corrected chi connectivity index (χ2v) is 12.2. The van der Waals surface area contributed by atoms with E-state index in [9.17, 15) is 18.0 Å². The lowest BCUT2D eigenvalue weighted by molar-refractivity contribution is 0.0603. The largest absolute Gasteiger partial charge is 0.497 e. The van der Waals surface area contributed by atoms with Crippen LogP contribution in [0.15, 0.2) is 119 Å². The van der Waals surface area contributed by atoms with Crippen molar-refractivity contribution in [3.63, 3.8) is 0 Å². The molecule has 9 heteroatoms. The molecule has 0 atom stereocenters. The number of benzene rings is 4. The minimum atomic E-state index is -4.28. The summed E-state index contributed by atoms with van der Waals surface area (Å²) in [5.41, 5.74) is 1.94. The average Bonchev–Trinajstić information content (AvgIpc) is 3.52. The van der Waals surface area contributed by atoms with Crippen molar-refractivity contribution in [2.24, 2.45) is 0 Å². The molecule has 2 aromatic heterocycles. The summed E-state index contributed by atoms with van der Waals surface area (Å²) in [6.07, 6.45) is 0. The molecule has 0 saturated heterocycles. The maximum atomic E-state index is 14.9. The molecular formula is C35H26N2O6S. The SMILES string of the molecule is COC(=O)c1cc2c(c(=O)c3c1c1ccccc1n3S(=O)(=O)c1ccccc1)c1ccccc1n2Cc1ccc(OC)cc1. The van der Waals surface area contributed by atoms with Crippen molar-refractivity contribution in [2.45, 2.75) is 11.4 Å². The number of hydrogen-bond acceptors (Lipinski definition) is 6. The number of carbonyl (C=O) groups excluding carboxylic acids is 1. The van der Waals surface area contributed by atoms with Crippen molar-refractivity contribution in [3.8, 4) is 5.75 Å². The van der Waals surface area contributed by atoms with Crippen molar-refractivity contribution in [2.75, 3.05) is 14.2 Å². The number of rotatable bonds is 6. The Bertz CT molecular complexity index is 2430. The Hall–Kier alpha value is -5.41. The number of aromatic nitrogens is 2. The van der Waals surface area contributed by atoms with Crippen LogP contribution < -0.4 is 10.2 Å². The summed E-state index contributed by atoms with van der Waals surface area (Å²) in [7, 11) is -1.41. The molecule has 0 spiro atoms. The van der Waals surface area contributed by atoms with Gasteiger partial charge in [-0.2, -0.15) is 0 Å². The molecule has 8 nitrogen and oxygen atoms in total. The van der Waals surface area contributed by atoms with Gasteiger partial charge in [0.2, 0.25) is 5.43 Å². The van der Waals surface area contributed by atoms with Gasteiger partial charge in [-0.05, 0) is 48.0 Å². The van der Waals surface area contributed by atoms with E-state index in [1.54, 1.807) is 55.6 Å². The Labute approximate surface area is 252 Å². The molecule has 0 saturated carbocycles. The third kappa shape index (κ3) is 4.08. The smallest absolute Gasteiger partial charge is 0.338 e. The third-order valence-electron chi connectivity index (χ3n) is 8.02. The maximum Gasteiger partial charge on any atom is 0.338 e. The van der Waals surface area contributed by atoms with E-state index in [1.807, 2.05) is 53.1 Å². The van der Waals surface area contributed by atoms with Gasteiger partial charge in [-0.15, -0.1) is 0 Å². The van der Waals surface area contributed by atoms with E-state index >= 15 is 0 Å². The first-order chi connectivity index (χ1) is 21.3. The highest BCUT2D eigenvalue weighted by molar-refractivity contribution is 7.90. The standard InChI is InChI=1S/C35H26N2O6S/c1-42-23-18-16-22(17-19-23)21-36-28-14-8-6-12-25(28)32-30(36)20-27(35(39)43-2)31-26-13-7-9-15-29(26)37(33(31)34(32)38)44(40,41)24-10-4-3-5-11-24/h3-20H,21H2,1-2H3. The highest BCUT2D eigenvalue weighted by Gasteiger charge is 2.29. The van der Waals surface area contributed by atoms with Crippen molar-refractivity contribution >= 4 is 59.6 Å². The fourth-order valence-electron chi connectivity index (χ4n) is 6.03. The number of carbonyl (C=O) groups is 1. The minimum Gasteiger partial charge on any atom is -0.497 e. The van der Waals surface area contributed by atoms with Gasteiger partial charge < -0.3 is 14.0 Å². The normalized spacial score (nSPS) is 11.9. The second kappa shape index (κ2) is 10.4. The Balaban J connectivity index is 1.70. The van der Waals surface area contributed by atoms with Gasteiger partial charge >= 0.3 is 5.97 Å². The highest BCUT2D eigenvalue weighted by atomic mass is 32.2. The van der Waals surface area contributed by atoms with Gasteiger partial charge in [0.05, 0.1) is 41.1 Å². The first kappa shape index (κ1) is 27.4. The molecule has 0 N–H and O–H groups in total. The zero-order valence-corrected chi connectivity index (χ0v) is 24.7. The van der Waals surface area contributed by atoms with Gasteiger partial charge in [0, 0.05) is 28.2 Å². The third-order valence-corrected chi connectivity index (χ3v) is 9.75. The zero-order valence-electron chi connectivity index (χ0n) is 23.9. The van der Waals surface area contributed by atoms with E-state index in [0.29, 0.717) is 34.0 Å². The molecule has 218 valence electrons. The predicted octanol–water partition coefficient (Wildman–Crippen LogP) is 6.34. The Kier molecular flexibility index (Phi) is 6.48. The lowest BCUT2D eigenvalue weighted by atomic mass is 10.1. The number of esters is 1. The molecule has 0 fully saturated rings. The quantitative estimate of drug-likeness (QED) is 0.206. The van der Waals surface area contributed by atoms with Crippen molar-refractivity contribution in [3.05, 3.63) is 131 Å². The molecule has 0 radical (unpaired) electrons. The van der Waals surface area contributed by atoms with E-state index in [-0.39, 0.29) is 26.9 Å². The molecule has 7 rings (SSSR count). The summed E-state index contributed by atoms with van der Waals surface area (Å²) >= 11 is 0. The molecular weight excluding hydrogens is 576 g/mol. The molecule has 0 aliphatic carbocycles. The molecule has 7 aromatic rings. The molecule has 0 amide bonds. The topological polar surface area (TPSA) is 96.6 Å². The maximum absolute atomic E-state index is 14.9. The van der Waals surface area contributed by atoms with Crippen molar-refractivity contribution < 1.29 is 22.7 Å². The van der Waals surface area contributed by atoms with Crippen LogP contribution >= 0.6 is 0 Å².